The molecule has 0 amide bonds. The van der Waals surface area contributed by atoms with Crippen molar-refractivity contribution in [1.29, 1.82) is 0 Å². The minimum Gasteiger partial charge on any atom is -0.429 e. The molecular formula is C24H12F8N2O. The summed E-state index contributed by atoms with van der Waals surface area (Å²) in [7, 11) is 0. The van der Waals surface area contributed by atoms with Crippen LogP contribution in [0.3, 0.4) is 0 Å². The molecule has 0 N–H and O–H groups in total. The topological polar surface area (TPSA) is 35.0 Å². The molecule has 0 unspecified atom stereocenters. The first-order chi connectivity index (χ1) is 16.5. The van der Waals surface area contributed by atoms with Crippen LogP contribution in [0.2, 0.25) is 0 Å². The molecule has 11 heteroatoms. The molecule has 1 heterocycles. The number of aryl methyl sites for hydroxylation is 1. The maximum absolute atomic E-state index is 14.7. The van der Waals surface area contributed by atoms with E-state index in [2.05, 4.69) is 14.7 Å². The summed E-state index contributed by atoms with van der Waals surface area (Å²) in [6.07, 6.45) is -1.62. The van der Waals surface area contributed by atoms with Crippen LogP contribution in [0.4, 0.5) is 35.1 Å². The molecule has 3 aromatic carbocycles. The van der Waals surface area contributed by atoms with Gasteiger partial charge in [-0.15, -0.1) is 0 Å². The lowest BCUT2D eigenvalue weighted by Gasteiger charge is -2.20. The average Bonchev–Trinajstić information content (AvgIpc) is 2.79. The lowest BCUT2D eigenvalue weighted by Crippen LogP contribution is -2.24. The number of nitrogens with zero attached hydrogens (tertiary/aromatic N) is 2. The number of ether oxygens (including phenoxy) is 1. The zero-order chi connectivity index (χ0) is 25.5. The van der Waals surface area contributed by atoms with Crippen LogP contribution in [-0.2, 0) is 6.11 Å². The van der Waals surface area contributed by atoms with E-state index in [0.717, 1.165) is 17.7 Å². The number of aromatic nitrogens is 2. The van der Waals surface area contributed by atoms with Gasteiger partial charge in [-0.1, -0.05) is 18.2 Å². The third kappa shape index (κ3) is 4.66. The quantitative estimate of drug-likeness (QED) is 0.219. The maximum atomic E-state index is 14.7. The molecule has 0 atom stereocenters. The molecule has 0 aliphatic heterocycles. The molecule has 0 fully saturated rings. The molecule has 0 aliphatic rings. The van der Waals surface area contributed by atoms with Gasteiger partial charge in [-0.3, -0.25) is 0 Å². The summed E-state index contributed by atoms with van der Waals surface area (Å²) in [5, 5.41) is 0. The van der Waals surface area contributed by atoms with Gasteiger partial charge in [-0.25, -0.2) is 36.3 Å². The first-order valence-corrected chi connectivity index (χ1v) is 9.76. The van der Waals surface area contributed by atoms with E-state index >= 15 is 0 Å². The smallest absolute Gasteiger partial charge is 0.429 e. The Labute approximate surface area is 192 Å². The second-order valence-corrected chi connectivity index (χ2v) is 7.39. The molecule has 4 rings (SSSR count). The summed E-state index contributed by atoms with van der Waals surface area (Å²) >= 11 is 0. The highest BCUT2D eigenvalue weighted by Gasteiger charge is 2.40. The van der Waals surface area contributed by atoms with Crippen molar-refractivity contribution < 1.29 is 39.9 Å². The van der Waals surface area contributed by atoms with E-state index in [1.54, 1.807) is 6.92 Å². The monoisotopic (exact) mass is 496 g/mol. The Morgan fingerprint density at radius 3 is 1.89 bits per heavy atom. The molecule has 0 saturated carbocycles. The standard InChI is InChI=1S/C24H12F8N2O/c1-11-9-33-23(34-10-11)12-2-3-14(17(25)6-12)15-4-5-16(21(29)20(15)28)24(31,32)35-13-7-18(26)22(30)19(27)8-13/h2-10H,1H3. The van der Waals surface area contributed by atoms with E-state index in [4.69, 9.17) is 0 Å². The third-order valence-corrected chi connectivity index (χ3v) is 4.90. The van der Waals surface area contributed by atoms with Crippen molar-refractivity contribution in [1.82, 2.24) is 9.97 Å². The molecule has 0 saturated heterocycles. The average molecular weight is 496 g/mol. The van der Waals surface area contributed by atoms with Crippen molar-refractivity contribution in [2.75, 3.05) is 0 Å². The molecule has 0 spiro atoms. The number of rotatable bonds is 5. The minimum absolute atomic E-state index is 0.115. The Morgan fingerprint density at radius 1 is 0.686 bits per heavy atom. The van der Waals surface area contributed by atoms with Gasteiger partial charge in [0, 0.05) is 41.2 Å². The van der Waals surface area contributed by atoms with Crippen LogP contribution in [0.1, 0.15) is 11.1 Å². The Kier molecular flexibility index (Phi) is 6.18. The summed E-state index contributed by atoms with van der Waals surface area (Å²) in [6.45, 7) is 1.75. The van der Waals surface area contributed by atoms with Crippen LogP contribution >= 0.6 is 0 Å². The van der Waals surface area contributed by atoms with Gasteiger partial charge in [0.15, 0.2) is 34.9 Å². The number of hydrogen-bond acceptors (Lipinski definition) is 3. The van der Waals surface area contributed by atoms with Gasteiger partial charge in [0.2, 0.25) is 0 Å². The zero-order valence-corrected chi connectivity index (χ0v) is 17.5. The molecule has 1 aromatic heterocycles. The van der Waals surface area contributed by atoms with E-state index in [9.17, 15) is 35.1 Å². The number of hydrogen-bond donors (Lipinski definition) is 0. The van der Waals surface area contributed by atoms with Gasteiger partial charge in [0.1, 0.15) is 17.1 Å². The summed E-state index contributed by atoms with van der Waals surface area (Å²) < 4.78 is 117. The molecule has 0 aliphatic carbocycles. The molecule has 0 radical (unpaired) electrons. The van der Waals surface area contributed by atoms with Crippen LogP contribution < -0.4 is 4.74 Å². The number of benzene rings is 3. The van der Waals surface area contributed by atoms with Gasteiger partial charge in [0.25, 0.3) is 0 Å². The van der Waals surface area contributed by atoms with Crippen LogP contribution in [0, 0.1) is 41.8 Å². The molecule has 180 valence electrons. The number of alkyl halides is 2. The van der Waals surface area contributed by atoms with Gasteiger partial charge < -0.3 is 4.74 Å². The van der Waals surface area contributed by atoms with Crippen LogP contribution in [0.25, 0.3) is 22.5 Å². The second kappa shape index (κ2) is 8.97. The van der Waals surface area contributed by atoms with Crippen molar-refractivity contribution >= 4 is 0 Å². The lowest BCUT2D eigenvalue weighted by atomic mass is 10.00. The van der Waals surface area contributed by atoms with Crippen LogP contribution in [0.15, 0.2) is 54.9 Å². The zero-order valence-electron chi connectivity index (χ0n) is 17.5. The summed E-state index contributed by atoms with van der Waals surface area (Å²) in [4.78, 5) is 8.07. The highest BCUT2D eigenvalue weighted by atomic mass is 19.3. The van der Waals surface area contributed by atoms with Gasteiger partial charge in [-0.05, 0) is 24.6 Å². The van der Waals surface area contributed by atoms with E-state index < -0.39 is 63.5 Å². The Morgan fingerprint density at radius 2 is 1.29 bits per heavy atom. The van der Waals surface area contributed by atoms with E-state index in [1.807, 2.05) is 0 Å². The van der Waals surface area contributed by atoms with Gasteiger partial charge in [0.05, 0.1) is 0 Å². The Balaban J connectivity index is 1.67. The lowest BCUT2D eigenvalue weighted by molar-refractivity contribution is -0.187. The maximum Gasteiger partial charge on any atom is 0.429 e. The summed E-state index contributed by atoms with van der Waals surface area (Å²) in [5.41, 5.74) is -1.74. The van der Waals surface area contributed by atoms with Gasteiger partial charge >= 0.3 is 6.11 Å². The fraction of sp³-hybridized carbons (Fsp3) is 0.0833. The Bertz CT molecular complexity index is 1400. The number of halogens is 8. The Hall–Kier alpha value is -4.02. The highest BCUT2D eigenvalue weighted by Crippen LogP contribution is 2.38. The first kappa shape index (κ1) is 24.1. The molecule has 0 bridgehead atoms. The van der Waals surface area contributed by atoms with E-state index in [0.29, 0.717) is 12.1 Å². The summed E-state index contributed by atoms with van der Waals surface area (Å²) in [5.74, 6) is -11.5. The minimum atomic E-state index is -4.62. The highest BCUT2D eigenvalue weighted by molar-refractivity contribution is 5.69. The fourth-order valence-corrected chi connectivity index (χ4v) is 3.19. The fourth-order valence-electron chi connectivity index (χ4n) is 3.19. The summed E-state index contributed by atoms with van der Waals surface area (Å²) in [6, 6.07) is 4.76. The van der Waals surface area contributed by atoms with Crippen molar-refractivity contribution in [2.45, 2.75) is 13.0 Å². The molecular weight excluding hydrogens is 484 g/mol. The molecule has 35 heavy (non-hydrogen) atoms. The second-order valence-electron chi connectivity index (χ2n) is 7.39. The molecule has 3 nitrogen and oxygen atoms in total. The predicted octanol–water partition coefficient (Wildman–Crippen LogP) is 7.08. The van der Waals surface area contributed by atoms with Crippen LogP contribution in [0.5, 0.6) is 5.75 Å². The van der Waals surface area contributed by atoms with E-state index in [-0.39, 0.29) is 23.5 Å². The van der Waals surface area contributed by atoms with Crippen molar-refractivity contribution in [3.63, 3.8) is 0 Å². The largest absolute Gasteiger partial charge is 0.429 e. The van der Waals surface area contributed by atoms with Crippen molar-refractivity contribution in [2.24, 2.45) is 0 Å². The SMILES string of the molecule is Cc1cnc(-c2ccc(-c3ccc(C(F)(F)Oc4cc(F)c(F)c(F)c4)c(F)c3F)c(F)c2)nc1. The van der Waals surface area contributed by atoms with E-state index in [1.165, 1.54) is 18.5 Å². The molecule has 4 aromatic rings. The third-order valence-electron chi connectivity index (χ3n) is 4.90. The first-order valence-electron chi connectivity index (χ1n) is 9.76. The van der Waals surface area contributed by atoms with Crippen LogP contribution in [-0.4, -0.2) is 9.97 Å². The van der Waals surface area contributed by atoms with Crippen molar-refractivity contribution in [3.05, 3.63) is 101 Å². The van der Waals surface area contributed by atoms with Crippen molar-refractivity contribution in [3.8, 4) is 28.3 Å². The normalized spacial score (nSPS) is 11.6. The predicted molar refractivity (Wildman–Crippen MR) is 108 cm³/mol. The van der Waals surface area contributed by atoms with Gasteiger partial charge in [-0.2, -0.15) is 8.78 Å².